The number of rotatable bonds is 6. The first-order valence-electron chi connectivity index (χ1n) is 4.06. The van der Waals surface area contributed by atoms with Crippen LogP contribution in [0.3, 0.4) is 0 Å². The fourth-order valence-electron chi connectivity index (χ4n) is 0.884. The van der Waals surface area contributed by atoms with E-state index < -0.39 is 0 Å². The average Bonchev–Trinajstić information content (AvgIpc) is 1.98. The van der Waals surface area contributed by atoms with Crippen LogP contribution in [0, 0.1) is 0 Å². The fraction of sp³-hybridized carbons (Fsp3) is 1.00. The molecule has 0 unspecified atom stereocenters. The SMILES string of the molecule is CCCCCC[C@H](Cl)CO. The molecule has 0 aliphatic rings. The number of aliphatic hydroxyl groups excluding tert-OH is 1. The summed E-state index contributed by atoms with van der Waals surface area (Å²) in [5, 5.41) is 8.54. The molecule has 0 heterocycles. The van der Waals surface area contributed by atoms with Crippen LogP contribution >= 0.6 is 11.6 Å². The summed E-state index contributed by atoms with van der Waals surface area (Å²) in [5.41, 5.74) is 0. The van der Waals surface area contributed by atoms with Crippen molar-refractivity contribution in [3.63, 3.8) is 0 Å². The van der Waals surface area contributed by atoms with Gasteiger partial charge in [-0.3, -0.25) is 0 Å². The Morgan fingerprint density at radius 2 is 2.00 bits per heavy atom. The van der Waals surface area contributed by atoms with Gasteiger partial charge in [0.1, 0.15) is 0 Å². The van der Waals surface area contributed by atoms with E-state index in [1.54, 1.807) is 0 Å². The van der Waals surface area contributed by atoms with E-state index in [9.17, 15) is 0 Å². The molecule has 0 spiro atoms. The summed E-state index contributed by atoms with van der Waals surface area (Å²) >= 11 is 5.69. The van der Waals surface area contributed by atoms with Gasteiger partial charge in [-0.15, -0.1) is 11.6 Å². The Morgan fingerprint density at radius 1 is 1.30 bits per heavy atom. The van der Waals surface area contributed by atoms with Crippen LogP contribution in [0.5, 0.6) is 0 Å². The topological polar surface area (TPSA) is 20.2 Å². The Morgan fingerprint density at radius 3 is 2.50 bits per heavy atom. The Hall–Kier alpha value is 0.250. The van der Waals surface area contributed by atoms with Gasteiger partial charge >= 0.3 is 0 Å². The maximum Gasteiger partial charge on any atom is 0.0595 e. The molecule has 0 bridgehead atoms. The second-order valence-electron chi connectivity index (χ2n) is 2.63. The minimum Gasteiger partial charge on any atom is -0.395 e. The summed E-state index contributed by atoms with van der Waals surface area (Å²) in [6, 6.07) is 0. The molecule has 0 saturated carbocycles. The maximum absolute atomic E-state index is 8.56. The van der Waals surface area contributed by atoms with E-state index in [0.29, 0.717) is 0 Å². The first kappa shape index (κ1) is 10.2. The number of alkyl halides is 1. The zero-order valence-corrected chi connectivity index (χ0v) is 7.40. The number of unbranched alkanes of at least 4 members (excludes halogenated alkanes) is 3. The van der Waals surface area contributed by atoms with Gasteiger partial charge in [0, 0.05) is 0 Å². The third kappa shape index (κ3) is 6.37. The second-order valence-corrected chi connectivity index (χ2v) is 3.25. The zero-order chi connectivity index (χ0) is 7.82. The highest BCUT2D eigenvalue weighted by Crippen LogP contribution is 2.08. The first-order chi connectivity index (χ1) is 4.81. The van der Waals surface area contributed by atoms with Crippen LogP contribution in [0.1, 0.15) is 39.0 Å². The lowest BCUT2D eigenvalue weighted by Gasteiger charge is -2.03. The van der Waals surface area contributed by atoms with E-state index in [2.05, 4.69) is 6.92 Å². The Balaban J connectivity index is 2.89. The van der Waals surface area contributed by atoms with E-state index in [1.165, 1.54) is 19.3 Å². The summed E-state index contributed by atoms with van der Waals surface area (Å²) in [6.07, 6.45) is 5.90. The molecule has 10 heavy (non-hydrogen) atoms. The van der Waals surface area contributed by atoms with Crippen molar-refractivity contribution in [1.82, 2.24) is 0 Å². The third-order valence-electron chi connectivity index (χ3n) is 1.57. The normalized spacial score (nSPS) is 13.5. The zero-order valence-electron chi connectivity index (χ0n) is 6.65. The van der Waals surface area contributed by atoms with Crippen molar-refractivity contribution < 1.29 is 5.11 Å². The maximum atomic E-state index is 8.56. The van der Waals surface area contributed by atoms with Crippen LogP contribution < -0.4 is 0 Å². The summed E-state index contributed by atoms with van der Waals surface area (Å²) in [4.78, 5) is 0. The van der Waals surface area contributed by atoms with Gasteiger partial charge in [0.2, 0.25) is 0 Å². The fourth-order valence-corrected chi connectivity index (χ4v) is 1.04. The highest BCUT2D eigenvalue weighted by Gasteiger charge is 2.00. The van der Waals surface area contributed by atoms with Crippen molar-refractivity contribution in [3.8, 4) is 0 Å². The van der Waals surface area contributed by atoms with E-state index in [-0.39, 0.29) is 12.0 Å². The lowest BCUT2D eigenvalue weighted by atomic mass is 10.1. The lowest BCUT2D eigenvalue weighted by Crippen LogP contribution is -2.03. The summed E-state index contributed by atoms with van der Waals surface area (Å²) in [6.45, 7) is 2.30. The van der Waals surface area contributed by atoms with Crippen molar-refractivity contribution in [3.05, 3.63) is 0 Å². The highest BCUT2D eigenvalue weighted by atomic mass is 35.5. The quantitative estimate of drug-likeness (QED) is 0.473. The van der Waals surface area contributed by atoms with Gasteiger partial charge in [-0.05, 0) is 6.42 Å². The van der Waals surface area contributed by atoms with E-state index >= 15 is 0 Å². The molecule has 0 aliphatic heterocycles. The van der Waals surface area contributed by atoms with E-state index in [4.69, 9.17) is 16.7 Å². The highest BCUT2D eigenvalue weighted by molar-refractivity contribution is 6.20. The van der Waals surface area contributed by atoms with Crippen LogP contribution in [0.2, 0.25) is 0 Å². The molecule has 62 valence electrons. The molecule has 0 aliphatic carbocycles. The van der Waals surface area contributed by atoms with Gasteiger partial charge in [-0.25, -0.2) is 0 Å². The van der Waals surface area contributed by atoms with Crippen molar-refractivity contribution in [1.29, 1.82) is 0 Å². The van der Waals surface area contributed by atoms with Gasteiger partial charge in [0.25, 0.3) is 0 Å². The molecule has 0 amide bonds. The van der Waals surface area contributed by atoms with Crippen molar-refractivity contribution in [2.45, 2.75) is 44.4 Å². The van der Waals surface area contributed by atoms with E-state index in [1.807, 2.05) is 0 Å². The van der Waals surface area contributed by atoms with Crippen LogP contribution in [-0.4, -0.2) is 17.1 Å². The smallest absolute Gasteiger partial charge is 0.0595 e. The van der Waals surface area contributed by atoms with E-state index in [0.717, 1.165) is 12.8 Å². The third-order valence-corrected chi connectivity index (χ3v) is 1.93. The van der Waals surface area contributed by atoms with Crippen molar-refractivity contribution in [2.24, 2.45) is 0 Å². The van der Waals surface area contributed by atoms with Crippen molar-refractivity contribution in [2.75, 3.05) is 6.61 Å². The van der Waals surface area contributed by atoms with Crippen LogP contribution in [0.4, 0.5) is 0 Å². The number of hydrogen-bond donors (Lipinski definition) is 1. The average molecular weight is 165 g/mol. The predicted octanol–water partition coefficient (Wildman–Crippen LogP) is 2.56. The van der Waals surface area contributed by atoms with Crippen LogP contribution in [0.25, 0.3) is 0 Å². The number of hydrogen-bond acceptors (Lipinski definition) is 1. The van der Waals surface area contributed by atoms with Crippen LogP contribution in [0.15, 0.2) is 0 Å². The molecule has 0 radical (unpaired) electrons. The monoisotopic (exact) mass is 164 g/mol. The summed E-state index contributed by atoms with van der Waals surface area (Å²) in [7, 11) is 0. The molecular formula is C8H17ClO. The van der Waals surface area contributed by atoms with Gasteiger partial charge in [0.15, 0.2) is 0 Å². The summed E-state index contributed by atoms with van der Waals surface area (Å²) in [5.74, 6) is 0. The molecule has 0 fully saturated rings. The minimum absolute atomic E-state index is 0.0168. The van der Waals surface area contributed by atoms with Gasteiger partial charge in [-0.2, -0.15) is 0 Å². The predicted molar refractivity (Wildman–Crippen MR) is 45.5 cm³/mol. The molecule has 2 heteroatoms. The largest absolute Gasteiger partial charge is 0.395 e. The number of halogens is 1. The molecule has 1 atom stereocenters. The lowest BCUT2D eigenvalue weighted by molar-refractivity contribution is 0.286. The number of aliphatic hydroxyl groups is 1. The molecule has 0 aromatic heterocycles. The Kier molecular flexibility index (Phi) is 7.54. The van der Waals surface area contributed by atoms with Gasteiger partial charge < -0.3 is 5.11 Å². The Bertz CT molecular complexity index is 66.3. The van der Waals surface area contributed by atoms with Crippen molar-refractivity contribution >= 4 is 11.6 Å². The first-order valence-corrected chi connectivity index (χ1v) is 4.49. The molecule has 1 nitrogen and oxygen atoms in total. The summed E-state index contributed by atoms with van der Waals surface area (Å²) < 4.78 is 0. The molecule has 1 N–H and O–H groups in total. The minimum atomic E-state index is -0.0168. The molecule has 0 saturated heterocycles. The molecule has 0 aromatic rings. The second kappa shape index (κ2) is 7.36. The Labute approximate surface area is 68.4 Å². The van der Waals surface area contributed by atoms with Crippen LogP contribution in [-0.2, 0) is 0 Å². The molecule has 0 aromatic carbocycles. The van der Waals surface area contributed by atoms with Gasteiger partial charge in [-0.1, -0.05) is 32.6 Å². The van der Waals surface area contributed by atoms with Gasteiger partial charge in [0.05, 0.1) is 12.0 Å². The standard InChI is InChI=1S/C8H17ClO/c1-2-3-4-5-6-8(9)7-10/h8,10H,2-7H2,1H3/t8-/m0/s1. The molecule has 0 rings (SSSR count). The molecular weight excluding hydrogens is 148 g/mol.